The van der Waals surface area contributed by atoms with Crippen molar-refractivity contribution < 1.29 is 4.42 Å². The number of nitrogens with zero attached hydrogens (tertiary/aromatic N) is 1. The van der Waals surface area contributed by atoms with Crippen molar-refractivity contribution in [3.63, 3.8) is 0 Å². The summed E-state index contributed by atoms with van der Waals surface area (Å²) in [6.45, 7) is 0. The zero-order chi connectivity index (χ0) is 35.3. The van der Waals surface area contributed by atoms with Gasteiger partial charge >= 0.3 is 0 Å². The van der Waals surface area contributed by atoms with Crippen molar-refractivity contribution in [3.8, 4) is 11.1 Å². The van der Waals surface area contributed by atoms with E-state index >= 15 is 0 Å². The molecule has 0 N–H and O–H groups in total. The van der Waals surface area contributed by atoms with Crippen LogP contribution in [0.15, 0.2) is 180 Å². The Balaban J connectivity index is 1.10. The maximum absolute atomic E-state index is 6.66. The molecule has 0 fully saturated rings. The zero-order valence-corrected chi connectivity index (χ0v) is 30.5. The highest BCUT2D eigenvalue weighted by molar-refractivity contribution is 7.26. The van der Waals surface area contributed by atoms with Crippen molar-refractivity contribution in [3.05, 3.63) is 176 Å². The first-order valence-corrected chi connectivity index (χ1v) is 19.9. The minimum absolute atomic E-state index is 0.926. The second-order valence-corrected chi connectivity index (χ2v) is 16.2. The SMILES string of the molecule is c1ccc2cc(-c3ccc(N(c4ccc5sc6ccc7oc8c9ccccc9ccc8c7c6c5c4)c4cccc5sc6ccccc6c45)cc3)ccc2c1. The topological polar surface area (TPSA) is 16.4 Å². The zero-order valence-electron chi connectivity index (χ0n) is 28.9. The Labute approximate surface area is 318 Å². The molecule has 12 aromatic rings. The lowest BCUT2D eigenvalue weighted by atomic mass is 10.0. The molecular formula is C50H29NOS2. The van der Waals surface area contributed by atoms with Gasteiger partial charge < -0.3 is 9.32 Å². The van der Waals surface area contributed by atoms with Crippen LogP contribution >= 0.6 is 22.7 Å². The molecule has 0 bridgehead atoms. The van der Waals surface area contributed by atoms with Crippen molar-refractivity contribution in [2.24, 2.45) is 0 Å². The van der Waals surface area contributed by atoms with Crippen molar-refractivity contribution >= 4 is 124 Å². The molecule has 0 spiro atoms. The molecule has 0 aliphatic rings. The Morgan fingerprint density at radius 3 is 1.93 bits per heavy atom. The number of hydrogen-bond donors (Lipinski definition) is 0. The summed E-state index contributed by atoms with van der Waals surface area (Å²) in [4.78, 5) is 2.45. The summed E-state index contributed by atoms with van der Waals surface area (Å²) in [6, 6.07) is 64.3. The Morgan fingerprint density at radius 1 is 0.370 bits per heavy atom. The minimum atomic E-state index is 0.926. The first-order valence-electron chi connectivity index (χ1n) is 18.2. The smallest absolute Gasteiger partial charge is 0.143 e. The van der Waals surface area contributed by atoms with Crippen LogP contribution in [0.4, 0.5) is 17.1 Å². The predicted octanol–water partition coefficient (Wildman–Crippen LogP) is 15.8. The molecule has 0 aliphatic heterocycles. The molecule has 0 atom stereocenters. The van der Waals surface area contributed by atoms with Gasteiger partial charge in [0.2, 0.25) is 0 Å². The minimum Gasteiger partial charge on any atom is -0.455 e. The van der Waals surface area contributed by atoms with E-state index in [1.165, 1.54) is 78.7 Å². The van der Waals surface area contributed by atoms with E-state index in [1.54, 1.807) is 0 Å². The summed E-state index contributed by atoms with van der Waals surface area (Å²) in [6.07, 6.45) is 0. The summed E-state index contributed by atoms with van der Waals surface area (Å²) >= 11 is 3.71. The highest BCUT2D eigenvalue weighted by atomic mass is 32.1. The molecule has 3 heterocycles. The average Bonchev–Trinajstić information content (AvgIpc) is 3.92. The van der Waals surface area contributed by atoms with Crippen LogP contribution in [0.5, 0.6) is 0 Å². The van der Waals surface area contributed by atoms with E-state index in [1.807, 2.05) is 22.7 Å². The van der Waals surface area contributed by atoms with Crippen LogP contribution in [0.2, 0.25) is 0 Å². The molecule has 0 radical (unpaired) electrons. The lowest BCUT2D eigenvalue weighted by Crippen LogP contribution is -2.10. The van der Waals surface area contributed by atoms with Crippen molar-refractivity contribution in [2.45, 2.75) is 0 Å². The van der Waals surface area contributed by atoms with Gasteiger partial charge in [-0.25, -0.2) is 0 Å². The van der Waals surface area contributed by atoms with Crippen LogP contribution in [0.25, 0.3) is 95.0 Å². The maximum Gasteiger partial charge on any atom is 0.143 e. The van der Waals surface area contributed by atoms with Gasteiger partial charge in [0.25, 0.3) is 0 Å². The van der Waals surface area contributed by atoms with Gasteiger partial charge in [-0.3, -0.25) is 0 Å². The monoisotopic (exact) mass is 723 g/mol. The van der Waals surface area contributed by atoms with Crippen LogP contribution in [-0.2, 0) is 0 Å². The lowest BCUT2D eigenvalue weighted by Gasteiger charge is -2.27. The molecule has 9 aromatic carbocycles. The molecule has 252 valence electrons. The first-order chi connectivity index (χ1) is 26.7. The van der Waals surface area contributed by atoms with E-state index in [0.717, 1.165) is 33.3 Å². The number of furan rings is 1. The van der Waals surface area contributed by atoms with E-state index in [4.69, 9.17) is 4.42 Å². The Morgan fingerprint density at radius 2 is 1.04 bits per heavy atom. The van der Waals surface area contributed by atoms with Gasteiger partial charge in [0.15, 0.2) is 0 Å². The molecule has 0 saturated carbocycles. The molecule has 3 aromatic heterocycles. The largest absolute Gasteiger partial charge is 0.455 e. The number of thiophene rings is 2. The second kappa shape index (κ2) is 11.5. The van der Waals surface area contributed by atoms with E-state index in [2.05, 4.69) is 181 Å². The molecule has 2 nitrogen and oxygen atoms in total. The number of hydrogen-bond acceptors (Lipinski definition) is 4. The van der Waals surface area contributed by atoms with Gasteiger partial charge in [0, 0.05) is 67.9 Å². The standard InChI is InChI=1S/C50H29NOS2/c1-2-10-33-28-34(17-16-30(33)8-1)31-18-21-35(22-19-31)51(41-13-7-15-45-47(41)38-12-5-6-14-43(38)53-45)36-23-26-44-40(29-36)49-46(54-44)27-25-42-48(49)39-24-20-32-9-3-4-11-37(32)50(39)52-42/h1-29H. The lowest BCUT2D eigenvalue weighted by molar-refractivity contribution is 0.673. The van der Waals surface area contributed by atoms with E-state index in [-0.39, 0.29) is 0 Å². The van der Waals surface area contributed by atoms with Gasteiger partial charge in [0.05, 0.1) is 5.69 Å². The fourth-order valence-electron chi connectivity index (χ4n) is 8.53. The average molecular weight is 724 g/mol. The molecular weight excluding hydrogens is 695 g/mol. The highest BCUT2D eigenvalue weighted by Gasteiger charge is 2.21. The molecule has 0 unspecified atom stereocenters. The Kier molecular flexibility index (Phi) is 6.41. The normalized spacial score (nSPS) is 12.1. The van der Waals surface area contributed by atoms with Crippen LogP contribution in [-0.4, -0.2) is 0 Å². The number of fused-ring (bicyclic) bond motifs is 13. The maximum atomic E-state index is 6.66. The van der Waals surface area contributed by atoms with E-state index < -0.39 is 0 Å². The number of benzene rings is 9. The van der Waals surface area contributed by atoms with Gasteiger partial charge in [0.1, 0.15) is 11.2 Å². The third kappa shape index (κ3) is 4.45. The predicted molar refractivity (Wildman–Crippen MR) is 235 cm³/mol. The van der Waals surface area contributed by atoms with Crippen LogP contribution < -0.4 is 4.90 Å². The number of rotatable bonds is 4. The molecule has 12 rings (SSSR count). The van der Waals surface area contributed by atoms with Gasteiger partial charge in [-0.1, -0.05) is 103 Å². The fraction of sp³-hybridized carbons (Fsp3) is 0. The first kappa shape index (κ1) is 30.0. The Hall–Kier alpha value is -6.46. The fourth-order valence-corrected chi connectivity index (χ4v) is 10.8. The van der Waals surface area contributed by atoms with Crippen LogP contribution in [0.3, 0.4) is 0 Å². The molecule has 0 aliphatic carbocycles. The summed E-state index contributed by atoms with van der Waals surface area (Å²) in [5.74, 6) is 0. The highest BCUT2D eigenvalue weighted by Crippen LogP contribution is 2.48. The van der Waals surface area contributed by atoms with Gasteiger partial charge in [-0.15, -0.1) is 22.7 Å². The quantitative estimate of drug-likeness (QED) is 0.180. The van der Waals surface area contributed by atoms with Crippen molar-refractivity contribution in [1.82, 2.24) is 0 Å². The number of anilines is 3. The van der Waals surface area contributed by atoms with E-state index in [9.17, 15) is 0 Å². The summed E-state index contributed by atoms with van der Waals surface area (Å²) in [7, 11) is 0. The molecule has 54 heavy (non-hydrogen) atoms. The molecule has 4 heteroatoms. The third-order valence-electron chi connectivity index (χ3n) is 11.0. The summed E-state index contributed by atoms with van der Waals surface area (Å²) < 4.78 is 11.8. The van der Waals surface area contributed by atoms with Crippen molar-refractivity contribution in [2.75, 3.05) is 4.90 Å². The third-order valence-corrected chi connectivity index (χ3v) is 13.3. The summed E-state index contributed by atoms with van der Waals surface area (Å²) in [5, 5.41) is 12.3. The van der Waals surface area contributed by atoms with Gasteiger partial charge in [-0.05, 0) is 100 Å². The van der Waals surface area contributed by atoms with Crippen LogP contribution in [0, 0.1) is 0 Å². The summed E-state index contributed by atoms with van der Waals surface area (Å²) in [5.41, 5.74) is 7.71. The van der Waals surface area contributed by atoms with Gasteiger partial charge in [-0.2, -0.15) is 0 Å². The Bertz CT molecular complexity index is 3460. The second-order valence-electron chi connectivity index (χ2n) is 14.1. The molecule has 0 amide bonds. The van der Waals surface area contributed by atoms with E-state index in [0.29, 0.717) is 0 Å². The molecule has 0 saturated heterocycles. The van der Waals surface area contributed by atoms with Crippen LogP contribution in [0.1, 0.15) is 0 Å². The van der Waals surface area contributed by atoms with Crippen molar-refractivity contribution in [1.29, 1.82) is 0 Å².